The monoisotopic (exact) mass is 504 g/mol. The molecular formula is C31H52O5. The number of esters is 2. The topological polar surface area (TPSA) is 72.8 Å². The Balaban J connectivity index is 1.21. The van der Waals surface area contributed by atoms with Crippen molar-refractivity contribution in [2.45, 2.75) is 130 Å². The van der Waals surface area contributed by atoms with Crippen LogP contribution in [0.15, 0.2) is 11.6 Å². The van der Waals surface area contributed by atoms with Crippen LogP contribution in [0.2, 0.25) is 0 Å². The molecule has 1 heterocycles. The highest BCUT2D eigenvalue weighted by atomic mass is 16.6. The highest BCUT2D eigenvalue weighted by Crippen LogP contribution is 2.54. The molecule has 36 heavy (non-hydrogen) atoms. The molecule has 2 saturated carbocycles. The lowest BCUT2D eigenvalue weighted by atomic mass is 9.96. The molecule has 0 bridgehead atoms. The van der Waals surface area contributed by atoms with Gasteiger partial charge in [-0.25, -0.2) is 4.79 Å². The fourth-order valence-corrected chi connectivity index (χ4v) is 5.81. The SMILES string of the molecule is CCCCCC1CC1CC1CC1CCCCCCC/C=C1/CC(CO)(COC(=O)C(C)(C)C)OC1=O. The molecule has 0 aromatic carbocycles. The Labute approximate surface area is 219 Å². The molecule has 2 aliphatic carbocycles. The lowest BCUT2D eigenvalue weighted by Gasteiger charge is -2.26. The smallest absolute Gasteiger partial charge is 0.334 e. The summed E-state index contributed by atoms with van der Waals surface area (Å²) in [5, 5.41) is 9.82. The van der Waals surface area contributed by atoms with Crippen molar-refractivity contribution >= 4 is 11.9 Å². The molecule has 5 unspecified atom stereocenters. The standard InChI is InChI=1S/C31H52O5/c1-5-6-11-14-23-17-26(23)19-27-18-24(27)15-12-9-7-8-10-13-16-25-20-31(21-32,36-28(25)33)22-35-29(34)30(2,3)4/h16,23-24,26-27,32H,5-15,17-22H2,1-4H3/b25-16-. The van der Waals surface area contributed by atoms with E-state index in [1.165, 1.54) is 77.0 Å². The molecule has 0 aromatic rings. The molecule has 3 fully saturated rings. The van der Waals surface area contributed by atoms with Gasteiger partial charge < -0.3 is 14.6 Å². The fraction of sp³-hybridized carbons (Fsp3) is 0.871. The van der Waals surface area contributed by atoms with Crippen molar-refractivity contribution in [2.75, 3.05) is 13.2 Å². The Hall–Kier alpha value is -1.36. The number of hydrogen-bond acceptors (Lipinski definition) is 5. The van der Waals surface area contributed by atoms with E-state index in [0.717, 1.165) is 36.5 Å². The second-order valence-electron chi connectivity index (χ2n) is 13.1. The first-order valence-corrected chi connectivity index (χ1v) is 14.9. The summed E-state index contributed by atoms with van der Waals surface area (Å²) in [6, 6.07) is 0. The first kappa shape index (κ1) is 29.2. The molecule has 5 heteroatoms. The van der Waals surface area contributed by atoms with Crippen molar-refractivity contribution in [3.8, 4) is 0 Å². The van der Waals surface area contributed by atoms with E-state index in [1.807, 2.05) is 6.08 Å². The minimum Gasteiger partial charge on any atom is -0.461 e. The molecular weight excluding hydrogens is 452 g/mol. The highest BCUT2D eigenvalue weighted by Gasteiger charge is 2.45. The number of ether oxygens (including phenoxy) is 2. The Kier molecular flexibility index (Phi) is 10.9. The number of aliphatic hydroxyl groups excluding tert-OH is 1. The van der Waals surface area contributed by atoms with Crippen LogP contribution in [-0.4, -0.2) is 35.9 Å². The zero-order chi connectivity index (χ0) is 26.2. The summed E-state index contributed by atoms with van der Waals surface area (Å²) in [5.74, 6) is 3.46. The molecule has 1 saturated heterocycles. The Morgan fingerprint density at radius 2 is 1.61 bits per heavy atom. The van der Waals surface area contributed by atoms with Crippen molar-refractivity contribution in [2.24, 2.45) is 29.1 Å². The third-order valence-electron chi connectivity index (χ3n) is 8.54. The van der Waals surface area contributed by atoms with Gasteiger partial charge >= 0.3 is 11.9 Å². The summed E-state index contributed by atoms with van der Waals surface area (Å²) in [7, 11) is 0. The number of carbonyl (C=O) groups is 2. The first-order chi connectivity index (χ1) is 17.2. The fourth-order valence-electron chi connectivity index (χ4n) is 5.81. The Morgan fingerprint density at radius 1 is 1.00 bits per heavy atom. The normalized spacial score (nSPS) is 30.5. The van der Waals surface area contributed by atoms with Crippen LogP contribution in [0.25, 0.3) is 0 Å². The van der Waals surface area contributed by atoms with Gasteiger partial charge in [0.1, 0.15) is 6.61 Å². The van der Waals surface area contributed by atoms with Crippen LogP contribution in [0.4, 0.5) is 0 Å². The summed E-state index contributed by atoms with van der Waals surface area (Å²) in [4.78, 5) is 24.4. The number of carbonyl (C=O) groups excluding carboxylic acids is 2. The average molecular weight is 505 g/mol. The summed E-state index contributed by atoms with van der Waals surface area (Å²) >= 11 is 0. The van der Waals surface area contributed by atoms with Crippen molar-refractivity contribution in [3.05, 3.63) is 11.6 Å². The maximum Gasteiger partial charge on any atom is 0.334 e. The predicted octanol–water partition coefficient (Wildman–Crippen LogP) is 7.15. The highest BCUT2D eigenvalue weighted by molar-refractivity contribution is 5.91. The third-order valence-corrected chi connectivity index (χ3v) is 8.54. The molecule has 1 aliphatic heterocycles. The molecule has 3 rings (SSSR count). The van der Waals surface area contributed by atoms with Gasteiger partial charge in [-0.2, -0.15) is 0 Å². The molecule has 5 atom stereocenters. The van der Waals surface area contributed by atoms with E-state index in [9.17, 15) is 14.7 Å². The van der Waals surface area contributed by atoms with E-state index < -0.39 is 17.0 Å². The van der Waals surface area contributed by atoms with Crippen LogP contribution in [0.3, 0.4) is 0 Å². The van der Waals surface area contributed by atoms with Gasteiger partial charge in [-0.05, 0) is 76.5 Å². The minimum absolute atomic E-state index is 0.106. The van der Waals surface area contributed by atoms with Gasteiger partial charge in [0.2, 0.25) is 0 Å². The predicted molar refractivity (Wildman–Crippen MR) is 143 cm³/mol. The van der Waals surface area contributed by atoms with Crippen molar-refractivity contribution in [1.82, 2.24) is 0 Å². The molecule has 0 spiro atoms. The van der Waals surface area contributed by atoms with Gasteiger partial charge in [0.25, 0.3) is 0 Å². The lowest BCUT2D eigenvalue weighted by Crippen LogP contribution is -2.40. The van der Waals surface area contributed by atoms with Gasteiger partial charge in [-0.1, -0.05) is 70.8 Å². The summed E-state index contributed by atoms with van der Waals surface area (Å²) < 4.78 is 10.8. The van der Waals surface area contributed by atoms with E-state index in [-0.39, 0.29) is 19.2 Å². The van der Waals surface area contributed by atoms with Crippen LogP contribution in [0.5, 0.6) is 0 Å². The number of aliphatic hydroxyl groups is 1. The number of cyclic esters (lactones) is 1. The number of hydrogen-bond donors (Lipinski definition) is 1. The number of allylic oxidation sites excluding steroid dienone is 1. The summed E-state index contributed by atoms with van der Waals surface area (Å²) in [6.45, 7) is 7.16. The average Bonchev–Trinajstić information content (AvgIpc) is 3.73. The molecule has 0 radical (unpaired) electrons. The quantitative estimate of drug-likeness (QED) is 0.129. The van der Waals surface area contributed by atoms with Crippen LogP contribution in [0.1, 0.15) is 124 Å². The van der Waals surface area contributed by atoms with E-state index >= 15 is 0 Å². The van der Waals surface area contributed by atoms with Crippen LogP contribution >= 0.6 is 0 Å². The van der Waals surface area contributed by atoms with Crippen LogP contribution < -0.4 is 0 Å². The van der Waals surface area contributed by atoms with Crippen molar-refractivity contribution in [3.63, 3.8) is 0 Å². The maximum absolute atomic E-state index is 12.3. The van der Waals surface area contributed by atoms with Crippen molar-refractivity contribution < 1.29 is 24.2 Å². The zero-order valence-electron chi connectivity index (χ0n) is 23.5. The third kappa shape index (κ3) is 9.19. The molecule has 0 aromatic heterocycles. The minimum atomic E-state index is -1.14. The number of rotatable bonds is 17. The van der Waals surface area contributed by atoms with Crippen LogP contribution in [0, 0.1) is 29.1 Å². The molecule has 206 valence electrons. The molecule has 5 nitrogen and oxygen atoms in total. The number of unbranched alkanes of at least 4 members (excludes halogenated alkanes) is 7. The molecule has 1 N–H and O–H groups in total. The van der Waals surface area contributed by atoms with Crippen molar-refractivity contribution in [1.29, 1.82) is 0 Å². The Morgan fingerprint density at radius 3 is 2.22 bits per heavy atom. The summed E-state index contributed by atoms with van der Waals surface area (Å²) in [6.07, 6.45) is 20.9. The van der Waals surface area contributed by atoms with E-state index in [1.54, 1.807) is 20.8 Å². The van der Waals surface area contributed by atoms with E-state index in [0.29, 0.717) is 12.0 Å². The first-order valence-electron chi connectivity index (χ1n) is 14.9. The molecule has 3 aliphatic rings. The van der Waals surface area contributed by atoms with Gasteiger partial charge in [-0.15, -0.1) is 0 Å². The largest absolute Gasteiger partial charge is 0.461 e. The van der Waals surface area contributed by atoms with Gasteiger partial charge in [0, 0.05) is 12.0 Å². The maximum atomic E-state index is 12.3. The zero-order valence-corrected chi connectivity index (χ0v) is 23.5. The summed E-state index contributed by atoms with van der Waals surface area (Å²) in [5.41, 5.74) is -1.18. The van der Waals surface area contributed by atoms with Gasteiger partial charge in [-0.3, -0.25) is 4.79 Å². The Bertz CT molecular complexity index is 751. The van der Waals surface area contributed by atoms with Gasteiger partial charge in [0.15, 0.2) is 5.60 Å². The second kappa shape index (κ2) is 13.4. The van der Waals surface area contributed by atoms with E-state index in [4.69, 9.17) is 9.47 Å². The lowest BCUT2D eigenvalue weighted by molar-refractivity contribution is -0.171. The molecule has 0 amide bonds. The van der Waals surface area contributed by atoms with Crippen LogP contribution in [-0.2, 0) is 19.1 Å². The second-order valence-corrected chi connectivity index (χ2v) is 13.1. The van der Waals surface area contributed by atoms with Gasteiger partial charge in [0.05, 0.1) is 12.0 Å². The van der Waals surface area contributed by atoms with E-state index in [2.05, 4.69) is 6.92 Å².